The van der Waals surface area contributed by atoms with Crippen LogP contribution >= 0.6 is 0 Å². The van der Waals surface area contributed by atoms with Crippen molar-refractivity contribution in [2.24, 2.45) is 0 Å². The Morgan fingerprint density at radius 1 is 0.870 bits per heavy atom. The highest BCUT2D eigenvalue weighted by molar-refractivity contribution is 7.89. The summed E-state index contributed by atoms with van der Waals surface area (Å²) in [6.07, 6.45) is 0. The Morgan fingerprint density at radius 2 is 1.48 bits per heavy atom. The molecule has 0 unspecified atom stereocenters. The average Bonchev–Trinajstić information content (AvgIpc) is 2.53. The zero-order valence-corrected chi connectivity index (χ0v) is 14.1. The molecule has 0 heterocycles. The van der Waals surface area contributed by atoms with Crippen LogP contribution in [0.15, 0.2) is 64.4 Å². The van der Waals surface area contributed by atoms with Gasteiger partial charge in [0.2, 0.25) is 10.0 Å². The molecule has 0 saturated heterocycles. The Balaban J connectivity index is 1.91. The second kappa shape index (κ2) is 7.22. The maximum Gasteiger partial charge on any atom is 0.297 e. The largest absolute Gasteiger partial charge is 0.297 e. The minimum atomic E-state index is -3.89. The highest BCUT2D eigenvalue weighted by atomic mass is 32.2. The van der Waals surface area contributed by atoms with Crippen molar-refractivity contribution < 1.29 is 21.0 Å². The fraction of sp³-hybridized carbons (Fsp3) is 0.200. The monoisotopic (exact) mass is 355 g/mol. The lowest BCUT2D eigenvalue weighted by Gasteiger charge is -2.08. The Morgan fingerprint density at radius 3 is 2.09 bits per heavy atom. The van der Waals surface area contributed by atoms with Gasteiger partial charge >= 0.3 is 0 Å². The van der Waals surface area contributed by atoms with Gasteiger partial charge in [0, 0.05) is 6.54 Å². The minimum Gasteiger partial charge on any atom is -0.265 e. The molecular formula is C15H17NO5S2. The zero-order valence-electron chi connectivity index (χ0n) is 12.5. The fourth-order valence-electron chi connectivity index (χ4n) is 1.78. The number of nitrogens with one attached hydrogen (secondary N) is 1. The summed E-state index contributed by atoms with van der Waals surface area (Å²) < 4.78 is 54.9. The predicted molar refractivity (Wildman–Crippen MR) is 85.9 cm³/mol. The Hall–Kier alpha value is -1.74. The topological polar surface area (TPSA) is 89.5 Å². The third-order valence-corrected chi connectivity index (χ3v) is 5.80. The number of aryl methyl sites for hydroxylation is 1. The number of sulfonamides is 1. The maximum absolute atomic E-state index is 11.9. The maximum atomic E-state index is 11.9. The molecule has 0 aromatic heterocycles. The normalized spacial score (nSPS) is 12.2. The van der Waals surface area contributed by atoms with E-state index in [9.17, 15) is 16.8 Å². The van der Waals surface area contributed by atoms with E-state index < -0.39 is 20.1 Å². The molecule has 2 aromatic rings. The van der Waals surface area contributed by atoms with Gasteiger partial charge in [0.25, 0.3) is 10.1 Å². The van der Waals surface area contributed by atoms with Crippen LogP contribution in [0.2, 0.25) is 0 Å². The first-order chi connectivity index (χ1) is 10.8. The first-order valence-corrected chi connectivity index (χ1v) is 9.71. The van der Waals surface area contributed by atoms with E-state index in [0.717, 1.165) is 5.56 Å². The molecule has 0 amide bonds. The molecule has 0 aliphatic carbocycles. The van der Waals surface area contributed by atoms with Crippen LogP contribution in [0.1, 0.15) is 5.56 Å². The van der Waals surface area contributed by atoms with Crippen molar-refractivity contribution in [2.45, 2.75) is 16.7 Å². The van der Waals surface area contributed by atoms with Crippen LogP contribution in [0.5, 0.6) is 0 Å². The highest BCUT2D eigenvalue weighted by Crippen LogP contribution is 2.13. The Labute approximate surface area is 136 Å². The molecule has 0 atom stereocenters. The van der Waals surface area contributed by atoms with Crippen molar-refractivity contribution in [3.8, 4) is 0 Å². The van der Waals surface area contributed by atoms with Gasteiger partial charge in [0.15, 0.2) is 0 Å². The zero-order chi connectivity index (χ0) is 16.9. The summed E-state index contributed by atoms with van der Waals surface area (Å²) in [5.41, 5.74) is 0.930. The van der Waals surface area contributed by atoms with Gasteiger partial charge in [-0.15, -0.1) is 0 Å². The van der Waals surface area contributed by atoms with Gasteiger partial charge < -0.3 is 0 Å². The first-order valence-electron chi connectivity index (χ1n) is 6.82. The third kappa shape index (κ3) is 4.87. The van der Waals surface area contributed by atoms with Gasteiger partial charge in [-0.1, -0.05) is 35.9 Å². The molecule has 2 aromatic carbocycles. The van der Waals surface area contributed by atoms with Crippen LogP contribution < -0.4 is 4.72 Å². The molecule has 0 aliphatic rings. The molecule has 23 heavy (non-hydrogen) atoms. The van der Waals surface area contributed by atoms with Gasteiger partial charge in [-0.2, -0.15) is 8.42 Å². The highest BCUT2D eigenvalue weighted by Gasteiger charge is 2.16. The van der Waals surface area contributed by atoms with Gasteiger partial charge in [-0.3, -0.25) is 4.18 Å². The smallest absolute Gasteiger partial charge is 0.265 e. The molecule has 0 bridgehead atoms. The van der Waals surface area contributed by atoms with Crippen molar-refractivity contribution in [1.82, 2.24) is 4.72 Å². The lowest BCUT2D eigenvalue weighted by atomic mass is 10.2. The summed E-state index contributed by atoms with van der Waals surface area (Å²) in [6, 6.07) is 14.0. The molecule has 0 spiro atoms. The van der Waals surface area contributed by atoms with E-state index in [4.69, 9.17) is 4.18 Å². The molecule has 0 radical (unpaired) electrons. The van der Waals surface area contributed by atoms with Gasteiger partial charge in [-0.25, -0.2) is 13.1 Å². The van der Waals surface area contributed by atoms with Crippen LogP contribution in [0.3, 0.4) is 0 Å². The quantitative estimate of drug-likeness (QED) is 0.603. The van der Waals surface area contributed by atoms with E-state index in [0.29, 0.717) is 0 Å². The van der Waals surface area contributed by atoms with Crippen LogP contribution in [0.4, 0.5) is 0 Å². The lowest BCUT2D eigenvalue weighted by Crippen LogP contribution is -2.28. The number of rotatable bonds is 7. The standard InChI is InChI=1S/C15H17NO5S2/c1-13-7-9-15(10-8-13)23(19,20)21-12-11-16-22(17,18)14-5-3-2-4-6-14/h2-10,16H,11-12H2,1H3. The van der Waals surface area contributed by atoms with Crippen LogP contribution in [0.25, 0.3) is 0 Å². The molecule has 0 fully saturated rings. The van der Waals surface area contributed by atoms with E-state index in [1.165, 1.54) is 24.3 Å². The van der Waals surface area contributed by atoms with Gasteiger partial charge in [0.05, 0.1) is 16.4 Å². The number of benzene rings is 2. The van der Waals surface area contributed by atoms with Gasteiger partial charge in [0.1, 0.15) is 0 Å². The fourth-order valence-corrected chi connectivity index (χ4v) is 3.73. The summed E-state index contributed by atoms with van der Waals surface area (Å²) in [5, 5.41) is 0. The summed E-state index contributed by atoms with van der Waals surface area (Å²) in [7, 11) is -7.57. The molecule has 6 nitrogen and oxygen atoms in total. The Bertz CT molecular complexity index is 845. The second-order valence-corrected chi connectivity index (χ2v) is 8.18. The van der Waals surface area contributed by atoms with Crippen molar-refractivity contribution in [3.63, 3.8) is 0 Å². The molecule has 2 rings (SSSR count). The summed E-state index contributed by atoms with van der Waals surface area (Å²) in [4.78, 5) is 0.149. The first kappa shape index (κ1) is 17.6. The molecule has 0 saturated carbocycles. The molecule has 0 aliphatic heterocycles. The van der Waals surface area contributed by atoms with Crippen LogP contribution in [-0.4, -0.2) is 30.0 Å². The molecule has 124 valence electrons. The van der Waals surface area contributed by atoms with Gasteiger partial charge in [-0.05, 0) is 31.2 Å². The van der Waals surface area contributed by atoms with Crippen molar-refractivity contribution >= 4 is 20.1 Å². The third-order valence-electron chi connectivity index (χ3n) is 3.00. The average molecular weight is 355 g/mol. The number of hydrogen-bond donors (Lipinski definition) is 1. The van der Waals surface area contributed by atoms with E-state index in [2.05, 4.69) is 4.72 Å². The van der Waals surface area contributed by atoms with Crippen molar-refractivity contribution in [3.05, 3.63) is 60.2 Å². The minimum absolute atomic E-state index is 0.0361. The van der Waals surface area contributed by atoms with Crippen LogP contribution in [0, 0.1) is 6.92 Å². The summed E-state index contributed by atoms with van der Waals surface area (Å²) in [6.45, 7) is 1.40. The van der Waals surface area contributed by atoms with E-state index in [-0.39, 0.29) is 22.9 Å². The summed E-state index contributed by atoms with van der Waals surface area (Å²) >= 11 is 0. The number of hydrogen-bond acceptors (Lipinski definition) is 5. The van der Waals surface area contributed by atoms with E-state index >= 15 is 0 Å². The predicted octanol–water partition coefficient (Wildman–Crippen LogP) is 1.68. The van der Waals surface area contributed by atoms with Crippen molar-refractivity contribution in [1.29, 1.82) is 0 Å². The second-order valence-electron chi connectivity index (χ2n) is 4.80. The molecular weight excluding hydrogens is 338 g/mol. The molecule has 1 N–H and O–H groups in total. The Kier molecular flexibility index (Phi) is 5.53. The van der Waals surface area contributed by atoms with Crippen molar-refractivity contribution in [2.75, 3.05) is 13.2 Å². The lowest BCUT2D eigenvalue weighted by molar-refractivity contribution is 0.322. The van der Waals surface area contributed by atoms with E-state index in [1.807, 2.05) is 6.92 Å². The molecule has 8 heteroatoms. The van der Waals surface area contributed by atoms with E-state index in [1.54, 1.807) is 30.3 Å². The van der Waals surface area contributed by atoms with Crippen LogP contribution in [-0.2, 0) is 24.3 Å². The summed E-state index contributed by atoms with van der Waals surface area (Å²) in [5.74, 6) is 0. The SMILES string of the molecule is Cc1ccc(S(=O)(=O)OCCNS(=O)(=O)c2ccccc2)cc1.